The molecule has 0 saturated carbocycles. The SMILES string of the molecule is FC(F)(F)C(F)(F)[C@@](F)(CCI)C(F)(F)F. The van der Waals surface area contributed by atoms with Crippen molar-refractivity contribution >= 4 is 22.6 Å². The molecule has 0 aliphatic rings. The lowest BCUT2D eigenvalue weighted by Gasteiger charge is -2.35. The first-order valence-corrected chi connectivity index (χ1v) is 5.10. The molecule has 16 heavy (non-hydrogen) atoms. The van der Waals surface area contributed by atoms with Crippen LogP contribution in [-0.4, -0.2) is 28.4 Å². The summed E-state index contributed by atoms with van der Waals surface area (Å²) in [6, 6.07) is 0. The number of hydrogen-bond donors (Lipinski definition) is 0. The second kappa shape index (κ2) is 4.41. The van der Waals surface area contributed by atoms with Gasteiger partial charge in [0.05, 0.1) is 0 Å². The maximum absolute atomic E-state index is 13.0. The van der Waals surface area contributed by atoms with Crippen molar-refractivity contribution in [1.29, 1.82) is 0 Å². The molecule has 10 heteroatoms. The number of alkyl halides is 10. The van der Waals surface area contributed by atoms with E-state index in [-0.39, 0.29) is 0 Å². The number of rotatable bonds is 3. The zero-order chi connectivity index (χ0) is 13.4. The molecule has 0 fully saturated rings. The smallest absolute Gasteiger partial charge is 0.227 e. The van der Waals surface area contributed by atoms with Gasteiger partial charge in [-0.1, -0.05) is 22.6 Å². The molecule has 0 saturated heterocycles. The van der Waals surface area contributed by atoms with Gasteiger partial charge in [0, 0.05) is 10.8 Å². The van der Waals surface area contributed by atoms with Crippen molar-refractivity contribution in [3.8, 4) is 0 Å². The van der Waals surface area contributed by atoms with Gasteiger partial charge in [-0.15, -0.1) is 0 Å². The molecular weight excluding hydrogens is 370 g/mol. The summed E-state index contributed by atoms with van der Waals surface area (Å²) < 4.78 is 108. The Kier molecular flexibility index (Phi) is 4.43. The minimum atomic E-state index is -6.59. The second-order valence-electron chi connectivity index (χ2n) is 2.81. The lowest BCUT2D eigenvalue weighted by molar-refractivity contribution is -0.383. The molecule has 0 spiro atoms. The monoisotopic (exact) mass is 374 g/mol. The summed E-state index contributed by atoms with van der Waals surface area (Å²) in [6.07, 6.45) is -14.9. The maximum Gasteiger partial charge on any atom is 0.457 e. The minimum Gasteiger partial charge on any atom is -0.227 e. The van der Waals surface area contributed by atoms with Crippen molar-refractivity contribution in [3.63, 3.8) is 0 Å². The number of hydrogen-bond acceptors (Lipinski definition) is 0. The fourth-order valence-corrected chi connectivity index (χ4v) is 1.57. The Morgan fingerprint density at radius 2 is 1.06 bits per heavy atom. The van der Waals surface area contributed by atoms with E-state index in [1.807, 2.05) is 0 Å². The Morgan fingerprint density at radius 3 is 1.25 bits per heavy atom. The van der Waals surface area contributed by atoms with Gasteiger partial charge in [-0.2, -0.15) is 35.1 Å². The van der Waals surface area contributed by atoms with E-state index >= 15 is 0 Å². The van der Waals surface area contributed by atoms with Crippen molar-refractivity contribution in [1.82, 2.24) is 0 Å². The molecular formula is C6H4F9I. The molecule has 0 aromatic carbocycles. The first-order valence-electron chi connectivity index (χ1n) is 3.57. The summed E-state index contributed by atoms with van der Waals surface area (Å²) in [5, 5.41) is 0. The summed E-state index contributed by atoms with van der Waals surface area (Å²) in [7, 11) is 0. The van der Waals surface area contributed by atoms with E-state index in [9.17, 15) is 39.5 Å². The molecule has 0 aromatic rings. The first kappa shape index (κ1) is 16.1. The van der Waals surface area contributed by atoms with E-state index in [2.05, 4.69) is 0 Å². The highest BCUT2D eigenvalue weighted by Crippen LogP contribution is 2.54. The van der Waals surface area contributed by atoms with Crippen molar-refractivity contribution < 1.29 is 39.5 Å². The van der Waals surface area contributed by atoms with Crippen LogP contribution in [0.4, 0.5) is 39.5 Å². The van der Waals surface area contributed by atoms with Crippen LogP contribution in [0.5, 0.6) is 0 Å². The highest BCUT2D eigenvalue weighted by atomic mass is 127. The quantitative estimate of drug-likeness (QED) is 0.393. The normalized spacial score (nSPS) is 18.4. The number of halogens is 10. The largest absolute Gasteiger partial charge is 0.457 e. The predicted molar refractivity (Wildman–Crippen MR) is 44.4 cm³/mol. The van der Waals surface area contributed by atoms with Crippen LogP contribution in [0.1, 0.15) is 6.42 Å². The topological polar surface area (TPSA) is 0 Å². The zero-order valence-corrected chi connectivity index (χ0v) is 9.35. The Bertz CT molecular complexity index is 241. The average Bonchev–Trinajstić information content (AvgIpc) is 1.99. The molecule has 0 aliphatic heterocycles. The van der Waals surface area contributed by atoms with E-state index in [0.29, 0.717) is 0 Å². The van der Waals surface area contributed by atoms with Crippen molar-refractivity contribution in [3.05, 3.63) is 0 Å². The van der Waals surface area contributed by atoms with Gasteiger partial charge < -0.3 is 0 Å². The molecule has 0 nitrogen and oxygen atoms in total. The molecule has 0 aliphatic carbocycles. The molecule has 0 N–H and O–H groups in total. The summed E-state index contributed by atoms with van der Waals surface area (Å²) in [5.41, 5.74) is -5.60. The first-order chi connectivity index (χ1) is 6.81. The molecule has 0 amide bonds. The maximum atomic E-state index is 13.0. The van der Waals surface area contributed by atoms with Gasteiger partial charge in [0.2, 0.25) is 0 Å². The fourth-order valence-electron chi connectivity index (χ4n) is 0.832. The van der Waals surface area contributed by atoms with Crippen LogP contribution in [-0.2, 0) is 0 Å². The van der Waals surface area contributed by atoms with Gasteiger partial charge in [0.1, 0.15) is 0 Å². The Labute approximate surface area is 97.3 Å². The third kappa shape index (κ3) is 2.50. The molecule has 0 unspecified atom stereocenters. The van der Waals surface area contributed by atoms with Crippen molar-refractivity contribution in [2.75, 3.05) is 4.43 Å². The summed E-state index contributed by atoms with van der Waals surface area (Å²) in [5.74, 6) is -6.47. The van der Waals surface area contributed by atoms with E-state index in [1.165, 1.54) is 0 Å². The van der Waals surface area contributed by atoms with Crippen LogP contribution in [0.15, 0.2) is 0 Å². The molecule has 0 aromatic heterocycles. The van der Waals surface area contributed by atoms with Crippen LogP contribution in [0.2, 0.25) is 0 Å². The fraction of sp³-hybridized carbons (Fsp3) is 1.00. The Morgan fingerprint density at radius 1 is 0.688 bits per heavy atom. The molecule has 0 radical (unpaired) electrons. The second-order valence-corrected chi connectivity index (χ2v) is 3.89. The molecule has 0 bridgehead atoms. The molecule has 0 rings (SSSR count). The molecule has 98 valence electrons. The standard InChI is InChI=1S/C6H4F9I/c7-3(1-2-16,5(10,11)12)4(8,9)6(13,14)15/h1-2H2/t3-/m0/s1. The molecule has 0 heterocycles. The van der Waals surface area contributed by atoms with Gasteiger partial charge in [-0.25, -0.2) is 4.39 Å². The van der Waals surface area contributed by atoms with E-state index in [1.54, 1.807) is 0 Å². The van der Waals surface area contributed by atoms with Crippen LogP contribution in [0.3, 0.4) is 0 Å². The van der Waals surface area contributed by atoms with Crippen LogP contribution >= 0.6 is 22.6 Å². The summed E-state index contributed by atoms with van der Waals surface area (Å²) >= 11 is 1.08. The average molecular weight is 374 g/mol. The predicted octanol–water partition coefficient (Wildman–Crippen LogP) is 4.28. The highest BCUT2D eigenvalue weighted by molar-refractivity contribution is 14.1. The van der Waals surface area contributed by atoms with Crippen LogP contribution < -0.4 is 0 Å². The third-order valence-electron chi connectivity index (χ3n) is 1.74. The Hall–Kier alpha value is 0.1000. The minimum absolute atomic E-state index is 0.834. The van der Waals surface area contributed by atoms with Crippen molar-refractivity contribution in [2.24, 2.45) is 0 Å². The van der Waals surface area contributed by atoms with Gasteiger partial charge in [0.25, 0.3) is 5.67 Å². The Balaban J connectivity index is 5.54. The highest BCUT2D eigenvalue weighted by Gasteiger charge is 2.80. The zero-order valence-electron chi connectivity index (χ0n) is 7.19. The van der Waals surface area contributed by atoms with E-state index < -0.39 is 34.8 Å². The van der Waals surface area contributed by atoms with Crippen LogP contribution in [0.25, 0.3) is 0 Å². The van der Waals surface area contributed by atoms with E-state index in [0.717, 1.165) is 22.6 Å². The lowest BCUT2D eigenvalue weighted by Crippen LogP contribution is -2.62. The summed E-state index contributed by atoms with van der Waals surface area (Å²) in [6.45, 7) is 0. The van der Waals surface area contributed by atoms with Crippen LogP contribution in [0, 0.1) is 0 Å². The lowest BCUT2D eigenvalue weighted by atomic mass is 9.93. The van der Waals surface area contributed by atoms with Gasteiger partial charge >= 0.3 is 18.3 Å². The third-order valence-corrected chi connectivity index (χ3v) is 2.28. The van der Waals surface area contributed by atoms with Gasteiger partial charge in [-0.05, 0) is 0 Å². The summed E-state index contributed by atoms with van der Waals surface area (Å²) in [4.78, 5) is 0. The molecule has 1 atom stereocenters. The van der Waals surface area contributed by atoms with Crippen molar-refractivity contribution in [2.45, 2.75) is 30.4 Å². The van der Waals surface area contributed by atoms with E-state index in [4.69, 9.17) is 0 Å². The van der Waals surface area contributed by atoms with Gasteiger partial charge in [0.15, 0.2) is 0 Å². The van der Waals surface area contributed by atoms with Gasteiger partial charge in [-0.3, -0.25) is 0 Å².